The molecular weight excluding hydrogens is 346 g/mol. The molecule has 2 aromatic rings. The van der Waals surface area contributed by atoms with E-state index in [1.165, 1.54) is 0 Å². The van der Waals surface area contributed by atoms with Gasteiger partial charge in [-0.05, 0) is 18.2 Å². The minimum Gasteiger partial charge on any atom is -0.480 e. The Morgan fingerprint density at radius 2 is 2.32 bits per heavy atom. The maximum Gasteiger partial charge on any atom is 0.320 e. The van der Waals surface area contributed by atoms with Crippen LogP contribution in [0.25, 0.3) is 11.0 Å². The number of imidazole rings is 1. The fraction of sp³-hybridized carbons (Fsp3) is 0.533. The molecule has 10 heteroatoms. The van der Waals surface area contributed by atoms with Gasteiger partial charge in [-0.1, -0.05) is 0 Å². The average molecular weight is 367 g/mol. The third-order valence-corrected chi connectivity index (χ3v) is 5.29. The first kappa shape index (κ1) is 17.9. The minimum absolute atomic E-state index is 0.123. The van der Waals surface area contributed by atoms with Crippen LogP contribution in [0.2, 0.25) is 0 Å². The first-order valence-electron chi connectivity index (χ1n) is 7.94. The van der Waals surface area contributed by atoms with Gasteiger partial charge in [0.25, 0.3) is 0 Å². The summed E-state index contributed by atoms with van der Waals surface area (Å²) < 4.78 is 7.73. The van der Waals surface area contributed by atoms with Gasteiger partial charge < -0.3 is 31.0 Å². The largest absolute Gasteiger partial charge is 0.480 e. The van der Waals surface area contributed by atoms with E-state index in [4.69, 9.17) is 21.3 Å². The highest BCUT2D eigenvalue weighted by molar-refractivity contribution is 7.99. The van der Waals surface area contributed by atoms with E-state index in [9.17, 15) is 9.90 Å². The van der Waals surface area contributed by atoms with Crippen molar-refractivity contribution in [1.82, 2.24) is 14.5 Å². The van der Waals surface area contributed by atoms with Gasteiger partial charge in [0, 0.05) is 18.4 Å². The molecule has 0 amide bonds. The number of rotatable bonds is 7. The zero-order chi connectivity index (χ0) is 18.0. The Morgan fingerprint density at radius 1 is 1.52 bits per heavy atom. The summed E-state index contributed by atoms with van der Waals surface area (Å²) in [6, 6.07) is 0.941. The molecule has 0 saturated carbocycles. The molecule has 1 fully saturated rings. The number of hydrogen-bond acceptors (Lipinski definition) is 8. The third kappa shape index (κ3) is 3.87. The fourth-order valence-electron chi connectivity index (χ4n) is 2.82. The highest BCUT2D eigenvalue weighted by Crippen LogP contribution is 2.33. The number of carbonyl (C=O) groups is 1. The molecule has 1 saturated heterocycles. The quantitative estimate of drug-likeness (QED) is 0.503. The van der Waals surface area contributed by atoms with Gasteiger partial charge in [-0.15, -0.1) is 0 Å². The van der Waals surface area contributed by atoms with E-state index in [1.807, 2.05) is 0 Å². The van der Waals surface area contributed by atoms with E-state index < -0.39 is 24.3 Å². The molecule has 3 rings (SSSR count). The molecule has 3 heterocycles. The predicted molar refractivity (Wildman–Crippen MR) is 94.0 cm³/mol. The Bertz CT molecular complexity index is 755. The van der Waals surface area contributed by atoms with Crippen molar-refractivity contribution in [2.75, 3.05) is 17.2 Å². The number of carboxylic acid groups (broad SMARTS) is 1. The summed E-state index contributed by atoms with van der Waals surface area (Å²) in [6.07, 6.45) is 2.79. The highest BCUT2D eigenvalue weighted by atomic mass is 32.2. The molecule has 1 aliphatic rings. The molecular formula is C15H21N5O4S. The summed E-state index contributed by atoms with van der Waals surface area (Å²) in [7, 11) is 0. The van der Waals surface area contributed by atoms with Crippen LogP contribution >= 0.6 is 11.8 Å². The van der Waals surface area contributed by atoms with E-state index in [0.717, 1.165) is 5.52 Å². The van der Waals surface area contributed by atoms with E-state index in [0.29, 0.717) is 35.7 Å². The van der Waals surface area contributed by atoms with E-state index in [-0.39, 0.29) is 6.10 Å². The SMILES string of the molecule is Nc1nccc2c1ncn2[C@@H]1O[C@H](CSCC[C@H](N)C(=O)O)C[C@H]1O. The molecule has 0 bridgehead atoms. The number of nitrogens with zero attached hydrogens (tertiary/aromatic N) is 3. The summed E-state index contributed by atoms with van der Waals surface area (Å²) in [5.41, 5.74) is 12.6. The van der Waals surface area contributed by atoms with Crippen molar-refractivity contribution in [2.45, 2.75) is 37.3 Å². The summed E-state index contributed by atoms with van der Waals surface area (Å²) in [5.74, 6) is 0.639. The molecule has 0 spiro atoms. The fourth-order valence-corrected chi connectivity index (χ4v) is 3.89. The molecule has 0 aliphatic carbocycles. The number of aliphatic hydroxyl groups is 1. The lowest BCUT2D eigenvalue weighted by molar-refractivity contribution is -0.138. The van der Waals surface area contributed by atoms with Gasteiger partial charge in [-0.3, -0.25) is 4.79 Å². The van der Waals surface area contributed by atoms with Crippen LogP contribution in [0.15, 0.2) is 18.6 Å². The highest BCUT2D eigenvalue weighted by Gasteiger charge is 2.35. The molecule has 2 aromatic heterocycles. The van der Waals surface area contributed by atoms with Crippen molar-refractivity contribution >= 4 is 34.6 Å². The van der Waals surface area contributed by atoms with E-state index >= 15 is 0 Å². The van der Waals surface area contributed by atoms with Gasteiger partial charge in [0.1, 0.15) is 17.7 Å². The maximum atomic E-state index is 10.7. The second kappa shape index (κ2) is 7.56. The average Bonchev–Trinajstić information content (AvgIpc) is 3.15. The van der Waals surface area contributed by atoms with Crippen molar-refractivity contribution in [3.05, 3.63) is 18.6 Å². The number of anilines is 1. The number of ether oxygens (including phenoxy) is 1. The van der Waals surface area contributed by atoms with Crippen LogP contribution in [0.1, 0.15) is 19.1 Å². The van der Waals surface area contributed by atoms with Crippen molar-refractivity contribution in [1.29, 1.82) is 0 Å². The second-order valence-electron chi connectivity index (χ2n) is 5.98. The molecule has 136 valence electrons. The predicted octanol–water partition coefficient (Wildman–Crippen LogP) is 0.197. The Hall–Kier alpha value is -1.88. The zero-order valence-corrected chi connectivity index (χ0v) is 14.3. The smallest absolute Gasteiger partial charge is 0.320 e. The normalized spacial score (nSPS) is 24.6. The molecule has 0 unspecified atom stereocenters. The van der Waals surface area contributed by atoms with Gasteiger partial charge in [0.2, 0.25) is 0 Å². The minimum atomic E-state index is -0.992. The zero-order valence-electron chi connectivity index (χ0n) is 13.5. The van der Waals surface area contributed by atoms with Crippen LogP contribution in [0.4, 0.5) is 5.82 Å². The van der Waals surface area contributed by atoms with Crippen LogP contribution < -0.4 is 11.5 Å². The number of aliphatic carboxylic acids is 1. The van der Waals surface area contributed by atoms with Crippen LogP contribution in [0.5, 0.6) is 0 Å². The molecule has 6 N–H and O–H groups in total. The lowest BCUT2D eigenvalue weighted by Crippen LogP contribution is -2.30. The van der Waals surface area contributed by atoms with Gasteiger partial charge >= 0.3 is 5.97 Å². The number of fused-ring (bicyclic) bond motifs is 1. The van der Waals surface area contributed by atoms with Crippen LogP contribution in [0.3, 0.4) is 0 Å². The van der Waals surface area contributed by atoms with Crippen LogP contribution in [-0.2, 0) is 9.53 Å². The number of aliphatic hydroxyl groups excluding tert-OH is 1. The van der Waals surface area contributed by atoms with Crippen LogP contribution in [-0.4, -0.2) is 60.5 Å². The molecule has 4 atom stereocenters. The molecule has 1 aliphatic heterocycles. The lowest BCUT2D eigenvalue weighted by Gasteiger charge is -2.17. The number of hydrogen-bond donors (Lipinski definition) is 4. The third-order valence-electron chi connectivity index (χ3n) is 4.15. The Labute approximate surface area is 148 Å². The van der Waals surface area contributed by atoms with E-state index in [1.54, 1.807) is 34.9 Å². The first-order valence-corrected chi connectivity index (χ1v) is 9.09. The number of nitrogen functional groups attached to an aromatic ring is 1. The van der Waals surface area contributed by atoms with E-state index in [2.05, 4.69) is 9.97 Å². The number of aromatic nitrogens is 3. The number of nitrogens with two attached hydrogens (primary N) is 2. The van der Waals surface area contributed by atoms with Crippen molar-refractivity contribution in [3.63, 3.8) is 0 Å². The summed E-state index contributed by atoms with van der Waals surface area (Å²) in [6.45, 7) is 0. The molecule has 9 nitrogen and oxygen atoms in total. The van der Waals surface area contributed by atoms with Gasteiger partial charge in [0.05, 0.1) is 17.9 Å². The summed E-state index contributed by atoms with van der Waals surface area (Å²) >= 11 is 1.57. The first-order chi connectivity index (χ1) is 12.0. The monoisotopic (exact) mass is 367 g/mol. The number of carboxylic acids is 1. The Balaban J connectivity index is 1.58. The van der Waals surface area contributed by atoms with Crippen molar-refractivity contribution in [3.8, 4) is 0 Å². The lowest BCUT2D eigenvalue weighted by atomic mass is 10.2. The number of thioether (sulfide) groups is 1. The summed E-state index contributed by atoms with van der Waals surface area (Å²) in [4.78, 5) is 18.9. The topological polar surface area (TPSA) is 150 Å². The van der Waals surface area contributed by atoms with Gasteiger partial charge in [-0.2, -0.15) is 11.8 Å². The van der Waals surface area contributed by atoms with Crippen molar-refractivity contribution < 1.29 is 19.7 Å². The Kier molecular flexibility index (Phi) is 5.42. The van der Waals surface area contributed by atoms with Gasteiger partial charge in [0.15, 0.2) is 12.0 Å². The number of pyridine rings is 1. The van der Waals surface area contributed by atoms with Gasteiger partial charge in [-0.25, -0.2) is 9.97 Å². The molecule has 0 aromatic carbocycles. The maximum absolute atomic E-state index is 10.7. The molecule has 0 radical (unpaired) electrons. The second-order valence-corrected chi connectivity index (χ2v) is 7.13. The molecule has 25 heavy (non-hydrogen) atoms. The van der Waals surface area contributed by atoms with Crippen LogP contribution in [0, 0.1) is 0 Å². The van der Waals surface area contributed by atoms with Crippen molar-refractivity contribution in [2.24, 2.45) is 5.73 Å². The standard InChI is InChI=1S/C15H21N5O4S/c16-9(15(22)23)2-4-25-6-8-5-11(21)14(24-8)20-7-19-12-10(20)1-3-18-13(12)17/h1,3,7-9,11,14,21H,2,4-6,16H2,(H2,17,18)(H,22,23)/t8-,9-,11+,14+/m0/s1. The summed E-state index contributed by atoms with van der Waals surface area (Å²) in [5, 5.41) is 19.1. The Morgan fingerprint density at radius 3 is 3.08 bits per heavy atom.